The number of nitrogens with one attached hydrogen (secondary N) is 1. The first-order valence-electron chi connectivity index (χ1n) is 13.3. The van der Waals surface area contributed by atoms with Gasteiger partial charge in [-0.25, -0.2) is 0 Å². The predicted octanol–water partition coefficient (Wildman–Crippen LogP) is 7.76. The maximum atomic E-state index is 13.2. The van der Waals surface area contributed by atoms with Gasteiger partial charge in [0.05, 0.1) is 25.1 Å². The summed E-state index contributed by atoms with van der Waals surface area (Å²) in [6, 6.07) is 39.0. The average molecular weight is 540 g/mol. The number of carbonyl (C=O) groups excluding carboxylic acids is 1. The number of methoxy groups -OCH3 is 1. The monoisotopic (exact) mass is 539 g/mol. The van der Waals surface area contributed by atoms with E-state index in [4.69, 9.17) is 9.47 Å². The van der Waals surface area contributed by atoms with Gasteiger partial charge in [-0.1, -0.05) is 60.7 Å². The molecule has 0 aliphatic heterocycles. The number of hydrogen-bond acceptors (Lipinski definition) is 4. The van der Waals surface area contributed by atoms with Crippen molar-refractivity contribution in [2.75, 3.05) is 19.0 Å². The Kier molecular flexibility index (Phi) is 8.27. The van der Waals surface area contributed by atoms with Crippen LogP contribution in [0.4, 0.5) is 5.69 Å². The molecule has 6 nitrogen and oxygen atoms in total. The van der Waals surface area contributed by atoms with Gasteiger partial charge in [0.1, 0.15) is 23.1 Å². The molecule has 4 aromatic carbocycles. The highest BCUT2D eigenvalue weighted by atomic mass is 16.5. The van der Waals surface area contributed by atoms with Gasteiger partial charge in [-0.05, 0) is 78.7 Å². The number of nitrogens with zero attached hydrogens (tertiary/aromatic N) is 2. The molecule has 1 N–H and O–H groups in total. The van der Waals surface area contributed by atoms with Crippen molar-refractivity contribution in [3.8, 4) is 45.8 Å². The maximum absolute atomic E-state index is 13.2. The first-order valence-corrected chi connectivity index (χ1v) is 13.3. The van der Waals surface area contributed by atoms with Crippen LogP contribution in [0.25, 0.3) is 34.3 Å². The summed E-state index contributed by atoms with van der Waals surface area (Å²) >= 11 is 0. The molecule has 5 aromatic rings. The zero-order valence-electron chi connectivity index (χ0n) is 22.9. The largest absolute Gasteiger partial charge is 0.497 e. The van der Waals surface area contributed by atoms with Crippen LogP contribution < -0.4 is 14.8 Å². The second-order valence-corrected chi connectivity index (χ2v) is 9.18. The highest BCUT2D eigenvalue weighted by molar-refractivity contribution is 6.10. The van der Waals surface area contributed by atoms with Crippen LogP contribution in [0.15, 0.2) is 121 Å². The van der Waals surface area contributed by atoms with Crippen LogP contribution in [-0.4, -0.2) is 24.2 Å². The molecule has 0 saturated heterocycles. The summed E-state index contributed by atoms with van der Waals surface area (Å²) in [6.07, 6.45) is 1.65. The summed E-state index contributed by atoms with van der Waals surface area (Å²) in [5.74, 6) is 0.968. The minimum atomic E-state index is -0.494. The van der Waals surface area contributed by atoms with Crippen molar-refractivity contribution in [3.63, 3.8) is 0 Å². The van der Waals surface area contributed by atoms with E-state index in [0.717, 1.165) is 39.5 Å². The Morgan fingerprint density at radius 2 is 1.46 bits per heavy atom. The van der Waals surface area contributed by atoms with Crippen molar-refractivity contribution in [2.24, 2.45) is 0 Å². The number of anilines is 1. The lowest BCUT2D eigenvalue weighted by Crippen LogP contribution is -2.13. The fourth-order valence-electron chi connectivity index (χ4n) is 4.66. The van der Waals surface area contributed by atoms with E-state index in [2.05, 4.69) is 16.0 Å². The molecule has 6 heteroatoms. The molecule has 41 heavy (non-hydrogen) atoms. The summed E-state index contributed by atoms with van der Waals surface area (Å²) in [6.45, 7) is 2.54. The van der Waals surface area contributed by atoms with Crippen LogP contribution >= 0.6 is 0 Å². The molecule has 1 heterocycles. The minimum absolute atomic E-state index is 0.0125. The Morgan fingerprint density at radius 3 is 2.05 bits per heavy atom. The molecule has 0 bridgehead atoms. The summed E-state index contributed by atoms with van der Waals surface area (Å²) in [5.41, 5.74) is 5.95. The number of aromatic nitrogens is 1. The van der Waals surface area contributed by atoms with Crippen molar-refractivity contribution < 1.29 is 14.3 Å². The SMILES string of the molecule is CCOc1ccc(-n2c(-c3ccccc3)cc(/C=C(\C#N)C(=O)Nc3ccc(OC)cc3)c2-c2ccccc2)cc1. The van der Waals surface area contributed by atoms with Crippen LogP contribution in [-0.2, 0) is 4.79 Å². The van der Waals surface area contributed by atoms with Crippen molar-refractivity contribution in [2.45, 2.75) is 6.92 Å². The smallest absolute Gasteiger partial charge is 0.266 e. The van der Waals surface area contributed by atoms with Gasteiger partial charge in [0.2, 0.25) is 0 Å². The van der Waals surface area contributed by atoms with E-state index in [0.29, 0.717) is 18.0 Å². The zero-order chi connectivity index (χ0) is 28.6. The Hall–Kier alpha value is -5.54. The number of nitriles is 1. The van der Waals surface area contributed by atoms with Crippen molar-refractivity contribution >= 4 is 17.7 Å². The molecule has 0 radical (unpaired) electrons. The molecule has 0 spiro atoms. The Bertz CT molecular complexity index is 1700. The van der Waals surface area contributed by atoms with Crippen LogP contribution in [0, 0.1) is 11.3 Å². The second kappa shape index (κ2) is 12.5. The highest BCUT2D eigenvalue weighted by Crippen LogP contribution is 2.37. The molecule has 0 aliphatic carbocycles. The molecule has 1 amide bonds. The van der Waals surface area contributed by atoms with E-state index in [1.54, 1.807) is 37.5 Å². The number of amides is 1. The molecule has 0 aliphatic rings. The average Bonchev–Trinajstić information content (AvgIpc) is 3.40. The lowest BCUT2D eigenvalue weighted by atomic mass is 10.0. The highest BCUT2D eigenvalue weighted by Gasteiger charge is 2.20. The molecule has 5 rings (SSSR count). The fourth-order valence-corrected chi connectivity index (χ4v) is 4.66. The van der Waals surface area contributed by atoms with Gasteiger partial charge in [-0.2, -0.15) is 5.26 Å². The molecular formula is C35H29N3O3. The van der Waals surface area contributed by atoms with Gasteiger partial charge in [0, 0.05) is 16.9 Å². The molecule has 1 aromatic heterocycles. The Labute approximate surface area is 239 Å². The van der Waals surface area contributed by atoms with Gasteiger partial charge in [0.25, 0.3) is 5.91 Å². The first kappa shape index (κ1) is 27.0. The van der Waals surface area contributed by atoms with E-state index in [9.17, 15) is 10.1 Å². The first-order chi connectivity index (χ1) is 20.1. The zero-order valence-corrected chi connectivity index (χ0v) is 22.9. The Balaban J connectivity index is 1.67. The standard InChI is InChI=1S/C35H29N3O3/c1-3-41-32-20-16-30(17-21-32)38-33(25-10-6-4-7-11-25)23-27(34(38)26-12-8-5-9-13-26)22-28(24-36)35(39)37-29-14-18-31(40-2)19-15-29/h4-23H,3H2,1-2H3,(H,37,39)/b28-22+. The number of carbonyl (C=O) groups is 1. The molecule has 0 fully saturated rings. The lowest BCUT2D eigenvalue weighted by Gasteiger charge is -2.16. The summed E-state index contributed by atoms with van der Waals surface area (Å²) in [7, 11) is 1.58. The van der Waals surface area contributed by atoms with Gasteiger partial charge < -0.3 is 19.4 Å². The van der Waals surface area contributed by atoms with Gasteiger partial charge in [-0.3, -0.25) is 4.79 Å². The summed E-state index contributed by atoms with van der Waals surface area (Å²) < 4.78 is 13.0. The normalized spacial score (nSPS) is 11.0. The van der Waals surface area contributed by atoms with Crippen LogP contribution in [0.3, 0.4) is 0 Å². The molecule has 0 atom stereocenters. The van der Waals surface area contributed by atoms with Gasteiger partial charge in [0.15, 0.2) is 0 Å². The van der Waals surface area contributed by atoms with E-state index in [1.807, 2.05) is 97.9 Å². The van der Waals surface area contributed by atoms with Crippen LogP contribution in [0.2, 0.25) is 0 Å². The maximum Gasteiger partial charge on any atom is 0.266 e. The second-order valence-electron chi connectivity index (χ2n) is 9.18. The predicted molar refractivity (Wildman–Crippen MR) is 163 cm³/mol. The molecular weight excluding hydrogens is 510 g/mol. The van der Waals surface area contributed by atoms with Gasteiger partial charge >= 0.3 is 0 Å². The third-order valence-corrected chi connectivity index (χ3v) is 6.57. The third kappa shape index (κ3) is 6.05. The van der Waals surface area contributed by atoms with E-state index in [1.165, 1.54) is 0 Å². The fraction of sp³-hybridized carbons (Fsp3) is 0.0857. The van der Waals surface area contributed by atoms with Crippen molar-refractivity contribution in [1.82, 2.24) is 4.57 Å². The van der Waals surface area contributed by atoms with E-state index >= 15 is 0 Å². The van der Waals surface area contributed by atoms with Crippen LogP contribution in [0.5, 0.6) is 11.5 Å². The third-order valence-electron chi connectivity index (χ3n) is 6.57. The van der Waals surface area contributed by atoms with Crippen molar-refractivity contribution in [1.29, 1.82) is 5.26 Å². The van der Waals surface area contributed by atoms with E-state index in [-0.39, 0.29) is 5.57 Å². The topological polar surface area (TPSA) is 76.3 Å². The van der Waals surface area contributed by atoms with Crippen molar-refractivity contribution in [3.05, 3.63) is 126 Å². The lowest BCUT2D eigenvalue weighted by molar-refractivity contribution is -0.112. The number of hydrogen-bond donors (Lipinski definition) is 1. The Morgan fingerprint density at radius 1 is 0.854 bits per heavy atom. The quantitative estimate of drug-likeness (QED) is 0.153. The molecule has 0 unspecified atom stereocenters. The van der Waals surface area contributed by atoms with E-state index < -0.39 is 5.91 Å². The van der Waals surface area contributed by atoms with Crippen LogP contribution in [0.1, 0.15) is 12.5 Å². The number of rotatable bonds is 9. The molecule has 0 saturated carbocycles. The number of benzene rings is 4. The molecule has 202 valence electrons. The summed E-state index contributed by atoms with van der Waals surface area (Å²) in [4.78, 5) is 13.2. The van der Waals surface area contributed by atoms with Gasteiger partial charge in [-0.15, -0.1) is 0 Å². The summed E-state index contributed by atoms with van der Waals surface area (Å²) in [5, 5.41) is 12.9. The number of ether oxygens (including phenoxy) is 2. The minimum Gasteiger partial charge on any atom is -0.497 e.